The highest BCUT2D eigenvalue weighted by molar-refractivity contribution is 7.99. The number of sulfonamides is 1. The first-order valence-electron chi connectivity index (χ1n) is 7.09. The summed E-state index contributed by atoms with van der Waals surface area (Å²) in [6, 6.07) is 12.9. The predicted molar refractivity (Wildman–Crippen MR) is 95.3 cm³/mol. The number of rotatable bonds is 7. The van der Waals surface area contributed by atoms with Gasteiger partial charge >= 0.3 is 0 Å². The molecular formula is C16H17FN2O3S2. The number of hydrogen-bond donors (Lipinski definition) is 2. The number of para-hydroxylation sites is 2. The highest BCUT2D eigenvalue weighted by atomic mass is 32.2. The van der Waals surface area contributed by atoms with E-state index in [0.29, 0.717) is 22.0 Å². The third-order valence-corrected chi connectivity index (χ3v) is 4.56. The summed E-state index contributed by atoms with van der Waals surface area (Å²) >= 11 is 1.25. The van der Waals surface area contributed by atoms with Crippen molar-refractivity contribution in [1.29, 1.82) is 0 Å². The van der Waals surface area contributed by atoms with Gasteiger partial charge in [0.1, 0.15) is 5.82 Å². The van der Waals surface area contributed by atoms with E-state index in [1.165, 1.54) is 17.8 Å². The van der Waals surface area contributed by atoms with Gasteiger partial charge in [-0.3, -0.25) is 9.52 Å². The van der Waals surface area contributed by atoms with Crippen LogP contribution < -0.4 is 10.0 Å². The molecule has 0 spiro atoms. The molecule has 2 N–H and O–H groups in total. The Morgan fingerprint density at radius 2 is 1.71 bits per heavy atom. The van der Waals surface area contributed by atoms with Gasteiger partial charge in [-0.25, -0.2) is 12.8 Å². The maximum absolute atomic E-state index is 13.5. The lowest BCUT2D eigenvalue weighted by Crippen LogP contribution is -2.16. The maximum Gasteiger partial charge on any atom is 0.229 e. The van der Waals surface area contributed by atoms with Crippen molar-refractivity contribution in [1.82, 2.24) is 0 Å². The van der Waals surface area contributed by atoms with Crippen LogP contribution >= 0.6 is 11.8 Å². The summed E-state index contributed by atoms with van der Waals surface area (Å²) < 4.78 is 38.5. The molecule has 2 aromatic rings. The minimum Gasteiger partial charge on any atom is -0.324 e. The second-order valence-corrected chi connectivity index (χ2v) is 7.88. The molecule has 128 valence electrons. The Balaban J connectivity index is 1.92. The van der Waals surface area contributed by atoms with E-state index in [2.05, 4.69) is 10.0 Å². The summed E-state index contributed by atoms with van der Waals surface area (Å²) in [6.07, 6.45) is 1.21. The average molecular weight is 368 g/mol. The number of nitrogens with one attached hydrogen (secondary N) is 2. The van der Waals surface area contributed by atoms with Crippen LogP contribution in [0.2, 0.25) is 0 Å². The highest BCUT2D eigenvalue weighted by Gasteiger charge is 2.10. The average Bonchev–Trinajstić information content (AvgIpc) is 2.50. The number of amides is 1. The third-order valence-electron chi connectivity index (χ3n) is 2.92. The molecule has 8 heteroatoms. The van der Waals surface area contributed by atoms with Gasteiger partial charge in [0, 0.05) is 17.1 Å². The van der Waals surface area contributed by atoms with Crippen molar-refractivity contribution in [3.8, 4) is 0 Å². The molecule has 2 rings (SSSR count). The molecule has 0 aromatic heterocycles. The molecule has 24 heavy (non-hydrogen) atoms. The first kappa shape index (κ1) is 18.3. The molecule has 2 aromatic carbocycles. The molecule has 0 saturated carbocycles. The van der Waals surface area contributed by atoms with E-state index >= 15 is 0 Å². The Labute approximate surface area is 144 Å². The van der Waals surface area contributed by atoms with Crippen LogP contribution in [0.15, 0.2) is 53.4 Å². The fourth-order valence-corrected chi connectivity index (χ4v) is 3.37. The predicted octanol–water partition coefficient (Wildman–Crippen LogP) is 3.32. The minimum atomic E-state index is -3.44. The highest BCUT2D eigenvalue weighted by Crippen LogP contribution is 2.24. The van der Waals surface area contributed by atoms with Crippen molar-refractivity contribution in [3.63, 3.8) is 0 Å². The summed E-state index contributed by atoms with van der Waals surface area (Å²) in [4.78, 5) is 12.5. The van der Waals surface area contributed by atoms with Crippen LogP contribution in [-0.2, 0) is 14.8 Å². The fraction of sp³-hybridized carbons (Fsp3) is 0.188. The SMILES string of the molecule is CS(=O)(=O)Nc1ccccc1NC(=O)CCSc1ccccc1F. The standard InChI is InChI=1S/C16H17FN2O3S2/c1-24(21,22)19-14-8-4-3-7-13(14)18-16(20)10-11-23-15-9-5-2-6-12(15)17/h2-9,19H,10-11H2,1H3,(H,18,20). The van der Waals surface area contributed by atoms with Gasteiger partial charge in [-0.1, -0.05) is 24.3 Å². The monoisotopic (exact) mass is 368 g/mol. The number of carbonyl (C=O) groups is 1. The largest absolute Gasteiger partial charge is 0.324 e. The molecule has 0 aliphatic carbocycles. The zero-order chi connectivity index (χ0) is 17.6. The lowest BCUT2D eigenvalue weighted by atomic mass is 10.2. The molecule has 0 atom stereocenters. The van der Waals surface area contributed by atoms with Crippen molar-refractivity contribution < 1.29 is 17.6 Å². The van der Waals surface area contributed by atoms with Gasteiger partial charge in [0.05, 0.1) is 17.6 Å². The lowest BCUT2D eigenvalue weighted by molar-refractivity contribution is -0.115. The van der Waals surface area contributed by atoms with E-state index < -0.39 is 10.0 Å². The van der Waals surface area contributed by atoms with Crippen LogP contribution in [0, 0.1) is 5.82 Å². The Bertz CT molecular complexity index is 826. The second-order valence-electron chi connectivity index (χ2n) is 5.00. The van der Waals surface area contributed by atoms with Gasteiger partial charge in [0.25, 0.3) is 0 Å². The molecule has 0 bridgehead atoms. The topological polar surface area (TPSA) is 75.3 Å². The van der Waals surface area contributed by atoms with E-state index in [4.69, 9.17) is 0 Å². The molecule has 1 amide bonds. The third kappa shape index (κ3) is 5.86. The summed E-state index contributed by atoms with van der Waals surface area (Å²) in [5.41, 5.74) is 0.680. The van der Waals surface area contributed by atoms with Gasteiger partial charge < -0.3 is 5.32 Å². The number of carbonyl (C=O) groups excluding carboxylic acids is 1. The number of thioether (sulfide) groups is 1. The summed E-state index contributed by atoms with van der Waals surface area (Å²) in [7, 11) is -3.44. The van der Waals surface area contributed by atoms with Crippen LogP contribution in [-0.4, -0.2) is 26.3 Å². The van der Waals surface area contributed by atoms with Crippen LogP contribution in [0.1, 0.15) is 6.42 Å². The zero-order valence-electron chi connectivity index (χ0n) is 13.0. The van der Waals surface area contributed by atoms with Crippen molar-refractivity contribution in [2.24, 2.45) is 0 Å². The van der Waals surface area contributed by atoms with Crippen molar-refractivity contribution >= 4 is 39.1 Å². The quantitative estimate of drug-likeness (QED) is 0.735. The van der Waals surface area contributed by atoms with Gasteiger partial charge in [0.2, 0.25) is 15.9 Å². The van der Waals surface area contributed by atoms with Crippen molar-refractivity contribution in [2.75, 3.05) is 22.0 Å². The van der Waals surface area contributed by atoms with E-state index in [-0.39, 0.29) is 18.1 Å². The van der Waals surface area contributed by atoms with Crippen LogP contribution in [0.25, 0.3) is 0 Å². The van der Waals surface area contributed by atoms with E-state index in [1.807, 2.05) is 0 Å². The molecule has 0 heterocycles. The van der Waals surface area contributed by atoms with Crippen molar-refractivity contribution in [2.45, 2.75) is 11.3 Å². The molecule has 0 radical (unpaired) electrons. The number of halogens is 1. The van der Waals surface area contributed by atoms with E-state index in [9.17, 15) is 17.6 Å². The van der Waals surface area contributed by atoms with Gasteiger partial charge in [0.15, 0.2) is 0 Å². The smallest absolute Gasteiger partial charge is 0.229 e. The maximum atomic E-state index is 13.5. The Morgan fingerprint density at radius 1 is 1.08 bits per heavy atom. The molecule has 5 nitrogen and oxygen atoms in total. The lowest BCUT2D eigenvalue weighted by Gasteiger charge is -2.11. The van der Waals surface area contributed by atoms with Gasteiger partial charge in [-0.05, 0) is 24.3 Å². The Morgan fingerprint density at radius 3 is 2.38 bits per heavy atom. The Kier molecular flexibility index (Phi) is 6.22. The summed E-state index contributed by atoms with van der Waals surface area (Å²) in [6.45, 7) is 0. The van der Waals surface area contributed by atoms with Crippen LogP contribution in [0.5, 0.6) is 0 Å². The molecule has 0 aliphatic heterocycles. The van der Waals surface area contributed by atoms with Gasteiger partial charge in [-0.2, -0.15) is 0 Å². The molecule has 0 aliphatic rings. The number of anilines is 2. The van der Waals surface area contributed by atoms with E-state index in [1.54, 1.807) is 42.5 Å². The molecule has 0 saturated heterocycles. The molecule has 0 unspecified atom stereocenters. The normalized spacial score (nSPS) is 11.1. The Hall–Kier alpha value is -2.06. The van der Waals surface area contributed by atoms with Crippen molar-refractivity contribution in [3.05, 3.63) is 54.3 Å². The van der Waals surface area contributed by atoms with Crippen LogP contribution in [0.3, 0.4) is 0 Å². The van der Waals surface area contributed by atoms with Gasteiger partial charge in [-0.15, -0.1) is 11.8 Å². The first-order valence-corrected chi connectivity index (χ1v) is 9.97. The minimum absolute atomic E-state index is 0.173. The molecular weight excluding hydrogens is 351 g/mol. The van der Waals surface area contributed by atoms with E-state index in [0.717, 1.165) is 6.26 Å². The number of benzene rings is 2. The molecule has 0 fully saturated rings. The fourth-order valence-electron chi connectivity index (χ4n) is 1.91. The second kappa shape index (κ2) is 8.16. The first-order chi connectivity index (χ1) is 11.3. The zero-order valence-corrected chi connectivity index (χ0v) is 14.6. The van der Waals surface area contributed by atoms with Crippen LogP contribution in [0.4, 0.5) is 15.8 Å². The summed E-state index contributed by atoms with van der Waals surface area (Å²) in [5.74, 6) is -0.179. The summed E-state index contributed by atoms with van der Waals surface area (Å²) in [5, 5.41) is 2.66. The number of hydrogen-bond acceptors (Lipinski definition) is 4.